The number of amides is 2. The zero-order valence-electron chi connectivity index (χ0n) is 11.2. The van der Waals surface area contributed by atoms with E-state index in [4.69, 9.17) is 0 Å². The molecular formula is C11H16N2O4S3. The van der Waals surface area contributed by atoms with Crippen LogP contribution in [0.25, 0.3) is 0 Å². The zero-order chi connectivity index (χ0) is 15.0. The number of nitrogens with zero attached hydrogens (tertiary/aromatic N) is 2. The van der Waals surface area contributed by atoms with Crippen molar-refractivity contribution in [3.8, 4) is 0 Å². The molecule has 1 heterocycles. The minimum Gasteiger partial charge on any atom is -0.331 e. The normalized spacial score (nSPS) is 19.1. The first-order valence-electron chi connectivity index (χ1n) is 5.92. The van der Waals surface area contributed by atoms with Gasteiger partial charge in [0.1, 0.15) is 0 Å². The summed E-state index contributed by atoms with van der Waals surface area (Å²) in [6.07, 6.45) is 1.03. The number of carbonyl (C=O) groups is 3. The lowest BCUT2D eigenvalue weighted by atomic mass is 10.4. The van der Waals surface area contributed by atoms with E-state index in [1.165, 1.54) is 11.8 Å². The molecule has 1 atom stereocenters. The van der Waals surface area contributed by atoms with Gasteiger partial charge >= 0.3 is 5.97 Å². The molecule has 1 rings (SSSR count). The SMILES string of the molecule is CN=CSSCCCSC1CC(=O)N(OC(C)=O)C1=O. The lowest BCUT2D eigenvalue weighted by Gasteiger charge is -2.12. The summed E-state index contributed by atoms with van der Waals surface area (Å²) in [5.74, 6) is 0.186. The van der Waals surface area contributed by atoms with Crippen LogP contribution in [0.15, 0.2) is 4.99 Å². The van der Waals surface area contributed by atoms with Crippen LogP contribution in [0, 0.1) is 0 Å². The summed E-state index contributed by atoms with van der Waals surface area (Å²) >= 11 is 1.43. The fourth-order valence-corrected chi connectivity index (χ4v) is 4.27. The van der Waals surface area contributed by atoms with Crippen molar-refractivity contribution in [1.82, 2.24) is 5.06 Å². The van der Waals surface area contributed by atoms with E-state index in [1.807, 2.05) is 0 Å². The average molecular weight is 336 g/mol. The summed E-state index contributed by atoms with van der Waals surface area (Å²) in [4.78, 5) is 42.6. The Balaban J connectivity index is 2.23. The number of thioether (sulfide) groups is 1. The molecule has 1 saturated heterocycles. The van der Waals surface area contributed by atoms with Crippen LogP contribution < -0.4 is 0 Å². The van der Waals surface area contributed by atoms with Crippen molar-refractivity contribution in [2.75, 3.05) is 18.6 Å². The smallest absolute Gasteiger partial charge is 0.330 e. The van der Waals surface area contributed by atoms with E-state index in [-0.39, 0.29) is 6.42 Å². The van der Waals surface area contributed by atoms with Gasteiger partial charge < -0.3 is 4.84 Å². The molecule has 0 N–H and O–H groups in total. The molecule has 0 aromatic heterocycles. The van der Waals surface area contributed by atoms with Crippen LogP contribution in [0.5, 0.6) is 0 Å². The molecule has 9 heteroatoms. The summed E-state index contributed by atoms with van der Waals surface area (Å²) in [6.45, 7) is 1.16. The van der Waals surface area contributed by atoms with E-state index < -0.39 is 23.0 Å². The van der Waals surface area contributed by atoms with Crippen molar-refractivity contribution in [1.29, 1.82) is 0 Å². The molecule has 0 spiro atoms. The van der Waals surface area contributed by atoms with Gasteiger partial charge in [-0.3, -0.25) is 14.6 Å². The molecule has 0 aliphatic carbocycles. The lowest BCUT2D eigenvalue weighted by molar-refractivity contribution is -0.195. The Hall–Kier alpha value is -0.670. The fourth-order valence-electron chi connectivity index (χ4n) is 1.40. The van der Waals surface area contributed by atoms with Gasteiger partial charge in [-0.15, -0.1) is 16.8 Å². The standard InChI is InChI=1S/C11H16N2O4S3/c1-8(14)17-13-10(15)6-9(11(13)16)18-4-3-5-19-20-7-12-2/h7,9H,3-6H2,1-2H3. The van der Waals surface area contributed by atoms with Crippen LogP contribution in [-0.4, -0.2) is 52.2 Å². The predicted molar refractivity (Wildman–Crippen MR) is 83.6 cm³/mol. The first-order valence-corrected chi connectivity index (χ1v) is 9.35. The highest BCUT2D eigenvalue weighted by Crippen LogP contribution is 2.27. The Morgan fingerprint density at radius 3 is 2.90 bits per heavy atom. The van der Waals surface area contributed by atoms with E-state index in [1.54, 1.807) is 34.2 Å². The van der Waals surface area contributed by atoms with E-state index in [0.717, 1.165) is 24.9 Å². The molecule has 1 unspecified atom stereocenters. The maximum absolute atomic E-state index is 11.8. The number of rotatable bonds is 8. The summed E-state index contributed by atoms with van der Waals surface area (Å²) < 4.78 is 0. The van der Waals surface area contributed by atoms with E-state index >= 15 is 0 Å². The number of hydroxylamine groups is 2. The third kappa shape index (κ3) is 5.76. The Labute approximate surface area is 129 Å². The number of aliphatic imine (C=N–C) groups is 1. The Morgan fingerprint density at radius 1 is 1.50 bits per heavy atom. The quantitative estimate of drug-likeness (QED) is 0.220. The predicted octanol–water partition coefficient (Wildman–Crippen LogP) is 1.75. The molecular weight excluding hydrogens is 320 g/mol. The van der Waals surface area contributed by atoms with Crippen LogP contribution in [0.4, 0.5) is 0 Å². The van der Waals surface area contributed by atoms with E-state index in [0.29, 0.717) is 5.06 Å². The fraction of sp³-hybridized carbons (Fsp3) is 0.636. The van der Waals surface area contributed by atoms with E-state index in [2.05, 4.69) is 9.83 Å². The first-order chi connectivity index (χ1) is 9.56. The van der Waals surface area contributed by atoms with Gasteiger partial charge in [0.2, 0.25) is 0 Å². The second-order valence-corrected chi connectivity index (χ2v) is 7.45. The molecule has 0 aromatic rings. The Morgan fingerprint density at radius 2 is 2.25 bits per heavy atom. The molecule has 20 heavy (non-hydrogen) atoms. The molecule has 6 nitrogen and oxygen atoms in total. The zero-order valence-corrected chi connectivity index (χ0v) is 13.7. The molecule has 0 aromatic carbocycles. The van der Waals surface area contributed by atoms with Crippen LogP contribution in [0.3, 0.4) is 0 Å². The summed E-state index contributed by atoms with van der Waals surface area (Å²) in [5.41, 5.74) is 1.77. The van der Waals surface area contributed by atoms with E-state index in [9.17, 15) is 14.4 Å². The van der Waals surface area contributed by atoms with Gasteiger partial charge in [-0.05, 0) is 23.0 Å². The highest BCUT2D eigenvalue weighted by atomic mass is 33.1. The van der Waals surface area contributed by atoms with Gasteiger partial charge in [-0.2, -0.15) is 0 Å². The molecule has 2 amide bonds. The van der Waals surface area contributed by atoms with Crippen molar-refractivity contribution in [2.24, 2.45) is 4.99 Å². The van der Waals surface area contributed by atoms with Crippen molar-refractivity contribution in [3.63, 3.8) is 0 Å². The van der Waals surface area contributed by atoms with Gasteiger partial charge in [0.15, 0.2) is 0 Å². The minimum absolute atomic E-state index is 0.0984. The molecule has 0 radical (unpaired) electrons. The summed E-state index contributed by atoms with van der Waals surface area (Å²) in [6, 6.07) is 0. The number of imide groups is 1. The van der Waals surface area contributed by atoms with Crippen LogP contribution in [-0.2, 0) is 19.2 Å². The molecule has 1 fully saturated rings. The average Bonchev–Trinajstić information content (AvgIpc) is 2.65. The first kappa shape index (κ1) is 17.4. The lowest BCUT2D eigenvalue weighted by Crippen LogP contribution is -2.33. The van der Waals surface area contributed by atoms with Crippen molar-refractivity contribution >= 4 is 56.7 Å². The number of carbonyl (C=O) groups excluding carboxylic acids is 3. The topological polar surface area (TPSA) is 76.0 Å². The maximum atomic E-state index is 11.8. The van der Waals surface area contributed by atoms with Gasteiger partial charge in [0, 0.05) is 19.7 Å². The number of hydrogen-bond donors (Lipinski definition) is 0. The maximum Gasteiger partial charge on any atom is 0.330 e. The number of hydrogen-bond acceptors (Lipinski definition) is 8. The van der Waals surface area contributed by atoms with Gasteiger partial charge in [-0.1, -0.05) is 10.8 Å². The van der Waals surface area contributed by atoms with Crippen molar-refractivity contribution in [3.05, 3.63) is 0 Å². The molecule has 0 saturated carbocycles. The monoisotopic (exact) mass is 336 g/mol. The van der Waals surface area contributed by atoms with Gasteiger partial charge in [0.25, 0.3) is 11.8 Å². The largest absolute Gasteiger partial charge is 0.331 e. The molecule has 1 aliphatic heterocycles. The van der Waals surface area contributed by atoms with Gasteiger partial charge in [0.05, 0.1) is 17.2 Å². The Kier molecular flexibility index (Phi) is 8.08. The summed E-state index contributed by atoms with van der Waals surface area (Å²) in [5, 5.41) is 0.152. The molecule has 0 bridgehead atoms. The highest BCUT2D eigenvalue weighted by Gasteiger charge is 2.41. The third-order valence-electron chi connectivity index (χ3n) is 2.19. The second kappa shape index (κ2) is 9.30. The summed E-state index contributed by atoms with van der Waals surface area (Å²) in [7, 11) is 4.99. The Bertz CT molecular complexity index is 403. The van der Waals surface area contributed by atoms with Crippen LogP contribution >= 0.6 is 33.3 Å². The molecule has 1 aliphatic rings. The van der Waals surface area contributed by atoms with Gasteiger partial charge in [-0.25, -0.2) is 4.79 Å². The van der Waals surface area contributed by atoms with Crippen LogP contribution in [0.2, 0.25) is 0 Å². The molecule has 112 valence electrons. The second-order valence-electron chi connectivity index (χ2n) is 3.81. The highest BCUT2D eigenvalue weighted by molar-refractivity contribution is 8.81. The van der Waals surface area contributed by atoms with Crippen molar-refractivity contribution < 1.29 is 19.2 Å². The third-order valence-corrected chi connectivity index (χ3v) is 5.54. The van der Waals surface area contributed by atoms with Crippen LogP contribution in [0.1, 0.15) is 19.8 Å². The van der Waals surface area contributed by atoms with Crippen molar-refractivity contribution in [2.45, 2.75) is 25.0 Å². The minimum atomic E-state index is -0.664.